The van der Waals surface area contributed by atoms with E-state index in [0.29, 0.717) is 5.92 Å². The van der Waals surface area contributed by atoms with Gasteiger partial charge in [0.05, 0.1) is 16.9 Å². The largest absolute Gasteiger partial charge is 0.355 e. The van der Waals surface area contributed by atoms with Crippen molar-refractivity contribution in [1.29, 1.82) is 0 Å². The normalized spacial score (nSPS) is 26.7. The minimum Gasteiger partial charge on any atom is -0.355 e. The summed E-state index contributed by atoms with van der Waals surface area (Å²) in [6.45, 7) is 6.21. The standard InChI is InChI=1S/C12H16O2S/c1-8(2)11-12(14-11)15(13)10-6-4-9(3)5-7-10/h4-8,11-12H,1-3H3/t11-,12+,15+/m1/s1. The van der Waals surface area contributed by atoms with E-state index in [4.69, 9.17) is 4.74 Å². The second-order valence-corrected chi connectivity index (χ2v) is 5.85. The first-order valence-electron chi connectivity index (χ1n) is 5.22. The zero-order valence-electron chi connectivity index (χ0n) is 9.27. The van der Waals surface area contributed by atoms with Crippen molar-refractivity contribution in [3.05, 3.63) is 29.8 Å². The lowest BCUT2D eigenvalue weighted by Gasteiger charge is -2.00. The molecule has 1 heterocycles. The number of hydrogen-bond acceptors (Lipinski definition) is 2. The molecule has 0 spiro atoms. The average molecular weight is 224 g/mol. The zero-order chi connectivity index (χ0) is 11.0. The molecule has 0 N–H and O–H groups in total. The van der Waals surface area contributed by atoms with Gasteiger partial charge in [-0.25, -0.2) is 0 Å². The SMILES string of the molecule is Cc1ccc([S@](=O)[C@@H]2O[C@@H]2C(C)C)cc1. The van der Waals surface area contributed by atoms with Gasteiger partial charge in [-0.3, -0.25) is 4.21 Å². The first-order chi connectivity index (χ1) is 7.09. The molecule has 1 aliphatic rings. The molecule has 0 aliphatic carbocycles. The van der Waals surface area contributed by atoms with Gasteiger partial charge in [-0.2, -0.15) is 0 Å². The summed E-state index contributed by atoms with van der Waals surface area (Å²) >= 11 is 0. The second-order valence-electron chi connectivity index (χ2n) is 4.32. The first-order valence-corrected chi connectivity index (χ1v) is 6.43. The lowest BCUT2D eigenvalue weighted by Crippen LogP contribution is -2.07. The Morgan fingerprint density at radius 2 is 1.87 bits per heavy atom. The summed E-state index contributed by atoms with van der Waals surface area (Å²) in [5.74, 6) is 0.449. The predicted octanol–water partition coefficient (Wildman–Crippen LogP) is 2.48. The predicted molar refractivity (Wildman–Crippen MR) is 61.1 cm³/mol. The third-order valence-corrected chi connectivity index (χ3v) is 4.14. The molecular formula is C12H16O2S. The van der Waals surface area contributed by atoms with Crippen LogP contribution in [0.15, 0.2) is 29.2 Å². The monoisotopic (exact) mass is 224 g/mol. The maximum atomic E-state index is 12.0. The molecule has 3 heteroatoms. The highest BCUT2D eigenvalue weighted by Gasteiger charge is 2.46. The summed E-state index contributed by atoms with van der Waals surface area (Å²) in [5, 5.41) is 0. The van der Waals surface area contributed by atoms with Crippen LogP contribution in [-0.4, -0.2) is 15.7 Å². The smallest absolute Gasteiger partial charge is 0.163 e. The molecule has 2 nitrogen and oxygen atoms in total. The Bertz CT molecular complexity index is 370. The number of rotatable bonds is 3. The van der Waals surface area contributed by atoms with Crippen LogP contribution in [0.2, 0.25) is 0 Å². The van der Waals surface area contributed by atoms with E-state index in [1.165, 1.54) is 5.56 Å². The molecule has 0 radical (unpaired) electrons. The van der Waals surface area contributed by atoms with Crippen LogP contribution < -0.4 is 0 Å². The zero-order valence-corrected chi connectivity index (χ0v) is 10.1. The molecule has 1 aromatic rings. The van der Waals surface area contributed by atoms with Crippen molar-refractivity contribution in [3.8, 4) is 0 Å². The highest BCUT2D eigenvalue weighted by molar-refractivity contribution is 7.85. The van der Waals surface area contributed by atoms with Gasteiger partial charge in [0.1, 0.15) is 0 Å². The third kappa shape index (κ3) is 2.29. The molecule has 2 rings (SSSR count). The van der Waals surface area contributed by atoms with Gasteiger partial charge in [0.25, 0.3) is 0 Å². The van der Waals surface area contributed by atoms with Gasteiger partial charge in [-0.05, 0) is 25.0 Å². The lowest BCUT2D eigenvalue weighted by molar-refractivity contribution is 0.350. The summed E-state index contributed by atoms with van der Waals surface area (Å²) in [6, 6.07) is 7.81. The summed E-state index contributed by atoms with van der Waals surface area (Å²) in [7, 11) is -1.01. The van der Waals surface area contributed by atoms with Crippen LogP contribution in [0.3, 0.4) is 0 Å². The number of epoxide rings is 1. The Labute approximate surface area is 93.1 Å². The van der Waals surface area contributed by atoms with Crippen molar-refractivity contribution in [2.24, 2.45) is 5.92 Å². The molecule has 3 atom stereocenters. The molecule has 0 amide bonds. The molecule has 15 heavy (non-hydrogen) atoms. The number of aryl methyl sites for hydroxylation is 1. The van der Waals surface area contributed by atoms with E-state index >= 15 is 0 Å². The quantitative estimate of drug-likeness (QED) is 0.738. The van der Waals surface area contributed by atoms with Gasteiger partial charge in [0.2, 0.25) is 0 Å². The van der Waals surface area contributed by atoms with Crippen LogP contribution in [0.4, 0.5) is 0 Å². The highest BCUT2D eigenvalue weighted by atomic mass is 32.2. The van der Waals surface area contributed by atoms with Gasteiger partial charge < -0.3 is 4.74 Å². The topological polar surface area (TPSA) is 29.6 Å². The third-order valence-electron chi connectivity index (χ3n) is 2.60. The molecular weight excluding hydrogens is 208 g/mol. The average Bonchev–Trinajstić information content (AvgIpc) is 2.97. The Hall–Kier alpha value is -0.670. The van der Waals surface area contributed by atoms with Gasteiger partial charge >= 0.3 is 0 Å². The lowest BCUT2D eigenvalue weighted by atomic mass is 10.2. The molecule has 82 valence electrons. The van der Waals surface area contributed by atoms with Gasteiger partial charge in [0, 0.05) is 4.90 Å². The minimum absolute atomic E-state index is 0.0901. The fourth-order valence-corrected chi connectivity index (χ4v) is 3.02. The Balaban J connectivity index is 2.07. The van der Waals surface area contributed by atoms with Gasteiger partial charge in [0.15, 0.2) is 5.44 Å². The molecule has 0 bridgehead atoms. The van der Waals surface area contributed by atoms with E-state index in [-0.39, 0.29) is 11.5 Å². The number of hydrogen-bond donors (Lipinski definition) is 0. The first kappa shape index (κ1) is 10.8. The summed E-state index contributed by atoms with van der Waals surface area (Å²) in [6.07, 6.45) is 0.173. The van der Waals surface area contributed by atoms with Crippen molar-refractivity contribution in [2.75, 3.05) is 0 Å². The van der Waals surface area contributed by atoms with Crippen LogP contribution in [0.5, 0.6) is 0 Å². The van der Waals surface area contributed by atoms with Crippen molar-refractivity contribution in [1.82, 2.24) is 0 Å². The number of ether oxygens (including phenoxy) is 1. The molecule has 0 unspecified atom stereocenters. The van der Waals surface area contributed by atoms with Gasteiger partial charge in [-0.1, -0.05) is 31.5 Å². The summed E-state index contributed by atoms with van der Waals surface area (Å²) in [4.78, 5) is 0.869. The van der Waals surface area contributed by atoms with Crippen molar-refractivity contribution in [2.45, 2.75) is 37.2 Å². The molecule has 1 fully saturated rings. The Kier molecular flexibility index (Phi) is 2.94. The van der Waals surface area contributed by atoms with Crippen LogP contribution in [-0.2, 0) is 15.5 Å². The van der Waals surface area contributed by atoms with Crippen LogP contribution in [0, 0.1) is 12.8 Å². The van der Waals surface area contributed by atoms with Crippen LogP contribution in [0.25, 0.3) is 0 Å². The summed E-state index contributed by atoms with van der Waals surface area (Å²) in [5.41, 5.74) is 1.10. The minimum atomic E-state index is -1.01. The van der Waals surface area contributed by atoms with Crippen molar-refractivity contribution >= 4 is 10.8 Å². The van der Waals surface area contributed by atoms with E-state index in [2.05, 4.69) is 13.8 Å². The van der Waals surface area contributed by atoms with E-state index in [0.717, 1.165) is 4.90 Å². The molecule has 0 aromatic heterocycles. The van der Waals surface area contributed by atoms with Crippen molar-refractivity contribution < 1.29 is 8.95 Å². The molecule has 1 saturated heterocycles. The van der Waals surface area contributed by atoms with Gasteiger partial charge in [-0.15, -0.1) is 0 Å². The maximum absolute atomic E-state index is 12.0. The highest BCUT2D eigenvalue weighted by Crippen LogP contribution is 2.34. The fraction of sp³-hybridized carbons (Fsp3) is 0.500. The van der Waals surface area contributed by atoms with E-state index in [1.807, 2.05) is 31.2 Å². The van der Waals surface area contributed by atoms with E-state index in [9.17, 15) is 4.21 Å². The molecule has 0 saturated carbocycles. The van der Waals surface area contributed by atoms with E-state index in [1.54, 1.807) is 0 Å². The van der Waals surface area contributed by atoms with Crippen LogP contribution >= 0.6 is 0 Å². The molecule has 1 aromatic carbocycles. The number of benzene rings is 1. The van der Waals surface area contributed by atoms with Crippen molar-refractivity contribution in [3.63, 3.8) is 0 Å². The Morgan fingerprint density at radius 3 is 2.33 bits per heavy atom. The second kappa shape index (κ2) is 4.06. The maximum Gasteiger partial charge on any atom is 0.163 e. The van der Waals surface area contributed by atoms with Crippen LogP contribution in [0.1, 0.15) is 19.4 Å². The molecule has 1 aliphatic heterocycles. The fourth-order valence-electron chi connectivity index (χ4n) is 1.56. The Morgan fingerprint density at radius 1 is 1.27 bits per heavy atom. The summed E-state index contributed by atoms with van der Waals surface area (Å²) < 4.78 is 17.4. The van der Waals surface area contributed by atoms with E-state index < -0.39 is 10.8 Å².